The number of hydrogen-bond donors (Lipinski definition) is 1. The summed E-state index contributed by atoms with van der Waals surface area (Å²) in [5.41, 5.74) is -0.537. The molecule has 1 N–H and O–H groups in total. The Hall–Kier alpha value is -1.55. The number of ether oxygens (including phenoxy) is 1. The van der Waals surface area contributed by atoms with Crippen LogP contribution in [0.25, 0.3) is 0 Å². The standard InChI is InChI=1S/C16H21FN2O5S/c17-15-10-13(3-4-14(15)16(20)21)25(22,23)19-5-1-2-12(19)11-18-6-8-24-9-7-18/h3-4,10,12H,1-2,5-9,11H2,(H,20,21)/t12-/m0/s1. The molecule has 0 saturated carbocycles. The van der Waals surface area contributed by atoms with Gasteiger partial charge >= 0.3 is 5.97 Å². The third-order valence-electron chi connectivity index (χ3n) is 4.67. The van der Waals surface area contributed by atoms with Crippen LogP contribution in [0.3, 0.4) is 0 Å². The fourth-order valence-electron chi connectivity index (χ4n) is 3.36. The number of morpholine rings is 1. The molecular weight excluding hydrogens is 351 g/mol. The van der Waals surface area contributed by atoms with Crippen LogP contribution >= 0.6 is 0 Å². The van der Waals surface area contributed by atoms with Crippen LogP contribution in [0.15, 0.2) is 23.1 Å². The lowest BCUT2D eigenvalue weighted by Gasteiger charge is -2.32. The Kier molecular flexibility index (Phi) is 5.38. The first-order valence-electron chi connectivity index (χ1n) is 8.24. The summed E-state index contributed by atoms with van der Waals surface area (Å²) in [6.45, 7) is 3.83. The molecule has 7 nitrogen and oxygen atoms in total. The Labute approximate surface area is 146 Å². The van der Waals surface area contributed by atoms with E-state index in [1.54, 1.807) is 0 Å². The first-order valence-corrected chi connectivity index (χ1v) is 9.68. The second kappa shape index (κ2) is 7.36. The molecule has 1 aromatic rings. The number of aromatic carboxylic acids is 1. The molecule has 1 atom stereocenters. The van der Waals surface area contributed by atoms with Crippen molar-refractivity contribution < 1.29 is 27.4 Å². The monoisotopic (exact) mass is 372 g/mol. The van der Waals surface area contributed by atoms with E-state index >= 15 is 0 Å². The maximum absolute atomic E-state index is 13.9. The summed E-state index contributed by atoms with van der Waals surface area (Å²) in [6.07, 6.45) is 1.51. The molecule has 138 valence electrons. The van der Waals surface area contributed by atoms with Crippen molar-refractivity contribution in [3.63, 3.8) is 0 Å². The molecule has 0 aliphatic carbocycles. The van der Waals surface area contributed by atoms with E-state index in [1.165, 1.54) is 4.31 Å². The van der Waals surface area contributed by atoms with E-state index in [0.29, 0.717) is 26.3 Å². The van der Waals surface area contributed by atoms with Gasteiger partial charge in [0, 0.05) is 32.2 Å². The lowest BCUT2D eigenvalue weighted by atomic mass is 10.2. The summed E-state index contributed by atoms with van der Waals surface area (Å²) in [5, 5.41) is 8.88. The average Bonchev–Trinajstić information content (AvgIpc) is 3.04. The number of halogens is 1. The van der Waals surface area contributed by atoms with E-state index in [9.17, 15) is 17.6 Å². The number of rotatable bonds is 5. The van der Waals surface area contributed by atoms with E-state index in [0.717, 1.165) is 44.1 Å². The van der Waals surface area contributed by atoms with Gasteiger partial charge in [-0.3, -0.25) is 4.90 Å². The maximum atomic E-state index is 13.9. The summed E-state index contributed by atoms with van der Waals surface area (Å²) in [4.78, 5) is 12.9. The number of sulfonamides is 1. The third-order valence-corrected chi connectivity index (χ3v) is 6.62. The van der Waals surface area contributed by atoms with Gasteiger partial charge < -0.3 is 9.84 Å². The van der Waals surface area contributed by atoms with Crippen molar-refractivity contribution in [2.45, 2.75) is 23.8 Å². The van der Waals surface area contributed by atoms with Crippen LogP contribution in [0.1, 0.15) is 23.2 Å². The molecule has 3 rings (SSSR count). The molecule has 0 spiro atoms. The van der Waals surface area contributed by atoms with Crippen LogP contribution in [0, 0.1) is 5.82 Å². The molecule has 2 aliphatic rings. The number of benzene rings is 1. The van der Waals surface area contributed by atoms with Gasteiger partial charge in [0.25, 0.3) is 0 Å². The van der Waals surface area contributed by atoms with Crippen molar-refractivity contribution in [1.29, 1.82) is 0 Å². The highest BCUT2D eigenvalue weighted by atomic mass is 32.2. The molecule has 2 aliphatic heterocycles. The number of carbonyl (C=O) groups is 1. The van der Waals surface area contributed by atoms with Gasteiger partial charge in [0.15, 0.2) is 0 Å². The Morgan fingerprint density at radius 1 is 1.28 bits per heavy atom. The van der Waals surface area contributed by atoms with E-state index < -0.39 is 27.4 Å². The molecule has 0 bridgehead atoms. The number of carboxylic acids is 1. The van der Waals surface area contributed by atoms with Gasteiger partial charge in [0.05, 0.1) is 23.7 Å². The fourth-order valence-corrected chi connectivity index (χ4v) is 5.05. The Balaban J connectivity index is 1.80. The van der Waals surface area contributed by atoms with Crippen LogP contribution in [0.5, 0.6) is 0 Å². The molecule has 2 fully saturated rings. The van der Waals surface area contributed by atoms with Crippen molar-refractivity contribution in [3.8, 4) is 0 Å². The Morgan fingerprint density at radius 2 is 2.00 bits per heavy atom. The van der Waals surface area contributed by atoms with Crippen LogP contribution in [-0.2, 0) is 14.8 Å². The molecule has 2 heterocycles. The van der Waals surface area contributed by atoms with Crippen LogP contribution in [-0.4, -0.2) is 74.1 Å². The zero-order valence-electron chi connectivity index (χ0n) is 13.7. The normalized spacial score (nSPS) is 23.0. The van der Waals surface area contributed by atoms with Crippen molar-refractivity contribution in [2.75, 3.05) is 39.4 Å². The van der Waals surface area contributed by atoms with Crippen molar-refractivity contribution >= 4 is 16.0 Å². The minimum absolute atomic E-state index is 0.162. The summed E-state index contributed by atoms with van der Waals surface area (Å²) in [7, 11) is -3.86. The molecule has 0 amide bonds. The van der Waals surface area contributed by atoms with Gasteiger partial charge in [0.1, 0.15) is 5.82 Å². The average molecular weight is 372 g/mol. The van der Waals surface area contributed by atoms with Crippen molar-refractivity contribution in [3.05, 3.63) is 29.6 Å². The molecule has 2 saturated heterocycles. The van der Waals surface area contributed by atoms with E-state index in [2.05, 4.69) is 4.90 Å². The molecule has 0 aromatic heterocycles. The van der Waals surface area contributed by atoms with E-state index in [1.807, 2.05) is 0 Å². The van der Waals surface area contributed by atoms with Gasteiger partial charge in [-0.15, -0.1) is 0 Å². The number of carboxylic acid groups (broad SMARTS) is 1. The predicted octanol–water partition coefficient (Wildman–Crippen LogP) is 1.01. The third kappa shape index (κ3) is 3.84. The van der Waals surface area contributed by atoms with Gasteiger partial charge in [-0.05, 0) is 31.0 Å². The molecule has 9 heteroatoms. The summed E-state index contributed by atoms with van der Waals surface area (Å²) in [5.74, 6) is -2.47. The number of nitrogens with zero attached hydrogens (tertiary/aromatic N) is 2. The molecular formula is C16H21FN2O5S. The maximum Gasteiger partial charge on any atom is 0.338 e. The van der Waals surface area contributed by atoms with Crippen LogP contribution < -0.4 is 0 Å². The van der Waals surface area contributed by atoms with Gasteiger partial charge in [-0.2, -0.15) is 4.31 Å². The topological polar surface area (TPSA) is 87.1 Å². The first-order chi connectivity index (χ1) is 11.9. The fraction of sp³-hybridized carbons (Fsp3) is 0.562. The molecule has 0 unspecified atom stereocenters. The SMILES string of the molecule is O=C(O)c1ccc(S(=O)(=O)N2CCC[C@H]2CN2CCOCC2)cc1F. The quantitative estimate of drug-likeness (QED) is 0.830. The second-order valence-electron chi connectivity index (χ2n) is 6.27. The Bertz CT molecular complexity index is 749. The smallest absolute Gasteiger partial charge is 0.338 e. The number of hydrogen-bond acceptors (Lipinski definition) is 5. The minimum Gasteiger partial charge on any atom is -0.478 e. The molecule has 1 aromatic carbocycles. The van der Waals surface area contributed by atoms with Crippen LogP contribution in [0.2, 0.25) is 0 Å². The van der Waals surface area contributed by atoms with E-state index in [4.69, 9.17) is 9.84 Å². The van der Waals surface area contributed by atoms with Crippen molar-refractivity contribution in [2.24, 2.45) is 0 Å². The highest BCUT2D eigenvalue weighted by molar-refractivity contribution is 7.89. The molecule has 0 radical (unpaired) electrons. The van der Waals surface area contributed by atoms with Gasteiger partial charge in [0.2, 0.25) is 10.0 Å². The molecule has 25 heavy (non-hydrogen) atoms. The highest BCUT2D eigenvalue weighted by Gasteiger charge is 2.36. The largest absolute Gasteiger partial charge is 0.478 e. The van der Waals surface area contributed by atoms with E-state index in [-0.39, 0.29) is 10.9 Å². The summed E-state index contributed by atoms with van der Waals surface area (Å²) >= 11 is 0. The first kappa shape index (κ1) is 18.2. The lowest BCUT2D eigenvalue weighted by Crippen LogP contribution is -2.46. The van der Waals surface area contributed by atoms with Crippen molar-refractivity contribution in [1.82, 2.24) is 9.21 Å². The van der Waals surface area contributed by atoms with Crippen LogP contribution in [0.4, 0.5) is 4.39 Å². The zero-order chi connectivity index (χ0) is 18.0. The Morgan fingerprint density at radius 3 is 2.64 bits per heavy atom. The minimum atomic E-state index is -3.86. The zero-order valence-corrected chi connectivity index (χ0v) is 14.5. The predicted molar refractivity (Wildman–Crippen MR) is 87.5 cm³/mol. The summed E-state index contributed by atoms with van der Waals surface area (Å²) < 4.78 is 46.4. The highest BCUT2D eigenvalue weighted by Crippen LogP contribution is 2.27. The van der Waals surface area contributed by atoms with Gasteiger partial charge in [-0.25, -0.2) is 17.6 Å². The second-order valence-corrected chi connectivity index (χ2v) is 8.16. The summed E-state index contributed by atoms with van der Waals surface area (Å²) in [6, 6.07) is 2.79. The van der Waals surface area contributed by atoms with Gasteiger partial charge in [-0.1, -0.05) is 0 Å². The lowest BCUT2D eigenvalue weighted by molar-refractivity contribution is 0.0312.